The van der Waals surface area contributed by atoms with Gasteiger partial charge in [-0.25, -0.2) is 9.59 Å². The summed E-state index contributed by atoms with van der Waals surface area (Å²) < 4.78 is 0. The Morgan fingerprint density at radius 3 is 2.59 bits per heavy atom. The first-order valence-electron chi connectivity index (χ1n) is 6.08. The molecule has 0 radical (unpaired) electrons. The first-order chi connectivity index (χ1) is 8.13. The Balaban J connectivity index is 2.32. The summed E-state index contributed by atoms with van der Waals surface area (Å²) in [5, 5.41) is 14.2. The average molecular weight is 240 g/mol. The second-order valence-electron chi connectivity index (χ2n) is 4.29. The van der Waals surface area contributed by atoms with E-state index in [-0.39, 0.29) is 12.1 Å². The van der Waals surface area contributed by atoms with Gasteiger partial charge in [0.1, 0.15) is 6.04 Å². The lowest BCUT2D eigenvalue weighted by molar-refractivity contribution is -0.139. The maximum Gasteiger partial charge on any atom is 0.326 e. The highest BCUT2D eigenvalue weighted by molar-refractivity contribution is 5.82. The molecule has 17 heavy (non-hydrogen) atoms. The topological polar surface area (TPSA) is 78.4 Å². The highest BCUT2D eigenvalue weighted by Crippen LogP contribution is 2.09. The van der Waals surface area contributed by atoms with Crippen LogP contribution >= 0.6 is 0 Å². The van der Waals surface area contributed by atoms with Crippen LogP contribution in [-0.2, 0) is 4.79 Å². The summed E-state index contributed by atoms with van der Waals surface area (Å²) in [4.78, 5) is 22.5. The molecule has 96 valence electrons. The molecule has 0 saturated carbocycles. The Morgan fingerprint density at radius 1 is 1.41 bits per heavy atom. The largest absolute Gasteiger partial charge is 0.480 e. The van der Waals surface area contributed by atoms with Crippen molar-refractivity contribution in [3.8, 4) is 0 Å². The molecule has 0 aromatic heterocycles. The van der Waals surface area contributed by atoms with Crippen molar-refractivity contribution < 1.29 is 14.7 Å². The van der Waals surface area contributed by atoms with Gasteiger partial charge in [0.25, 0.3) is 0 Å². The molecule has 0 aromatic rings. The van der Waals surface area contributed by atoms with Crippen LogP contribution in [0.4, 0.5) is 4.79 Å². The van der Waals surface area contributed by atoms with Gasteiger partial charge < -0.3 is 15.7 Å². The highest BCUT2D eigenvalue weighted by Gasteiger charge is 2.20. The Labute approximate surface area is 101 Å². The van der Waals surface area contributed by atoms with E-state index >= 15 is 0 Å². The molecule has 0 fully saturated rings. The molecular weight excluding hydrogens is 220 g/mol. The van der Waals surface area contributed by atoms with E-state index in [4.69, 9.17) is 5.11 Å². The summed E-state index contributed by atoms with van der Waals surface area (Å²) in [5.74, 6) is -0.974. The minimum atomic E-state index is -0.974. The summed E-state index contributed by atoms with van der Waals surface area (Å²) in [6, 6.07) is -1.07. The zero-order valence-electron chi connectivity index (χ0n) is 10.1. The molecule has 0 saturated heterocycles. The van der Waals surface area contributed by atoms with Gasteiger partial charge in [-0.3, -0.25) is 0 Å². The van der Waals surface area contributed by atoms with Crippen LogP contribution in [-0.4, -0.2) is 29.2 Å². The van der Waals surface area contributed by atoms with E-state index in [9.17, 15) is 9.59 Å². The van der Waals surface area contributed by atoms with Gasteiger partial charge in [0.15, 0.2) is 0 Å². The fourth-order valence-electron chi connectivity index (χ4n) is 1.79. The molecule has 0 heterocycles. The molecule has 0 spiro atoms. The van der Waals surface area contributed by atoms with E-state index in [1.807, 2.05) is 19.1 Å². The van der Waals surface area contributed by atoms with Crippen molar-refractivity contribution >= 4 is 12.0 Å². The fourth-order valence-corrected chi connectivity index (χ4v) is 1.79. The minimum absolute atomic E-state index is 0.107. The van der Waals surface area contributed by atoms with E-state index in [0.29, 0.717) is 6.42 Å². The molecule has 2 amide bonds. The standard InChI is InChI=1S/C12H20N2O3/c1-2-3-8-10(11(15)16)14-12(17)13-9-6-4-5-7-9/h4-5,9-10H,2-3,6-8H2,1H3,(H,15,16)(H2,13,14,17). The number of hydrogen-bond donors (Lipinski definition) is 3. The van der Waals surface area contributed by atoms with Gasteiger partial charge in [0.2, 0.25) is 0 Å². The van der Waals surface area contributed by atoms with Crippen molar-refractivity contribution in [1.29, 1.82) is 0 Å². The molecule has 1 atom stereocenters. The lowest BCUT2D eigenvalue weighted by Crippen LogP contribution is -2.48. The first kappa shape index (κ1) is 13.5. The summed E-state index contributed by atoms with van der Waals surface area (Å²) in [6.07, 6.45) is 7.84. The number of unbranched alkanes of at least 4 members (excludes halogenated alkanes) is 1. The molecule has 3 N–H and O–H groups in total. The van der Waals surface area contributed by atoms with Crippen molar-refractivity contribution in [3.05, 3.63) is 12.2 Å². The van der Waals surface area contributed by atoms with Crippen LogP contribution in [0.25, 0.3) is 0 Å². The van der Waals surface area contributed by atoms with E-state index in [0.717, 1.165) is 25.7 Å². The first-order valence-corrected chi connectivity index (χ1v) is 6.08. The molecular formula is C12H20N2O3. The molecule has 1 rings (SSSR count). The number of hydrogen-bond acceptors (Lipinski definition) is 2. The van der Waals surface area contributed by atoms with Gasteiger partial charge in [0.05, 0.1) is 0 Å². The zero-order chi connectivity index (χ0) is 12.7. The molecule has 0 bridgehead atoms. The second kappa shape index (κ2) is 6.93. The lowest BCUT2D eigenvalue weighted by atomic mass is 10.1. The van der Waals surface area contributed by atoms with Gasteiger partial charge in [0, 0.05) is 6.04 Å². The molecule has 0 aromatic carbocycles. The van der Waals surface area contributed by atoms with Crippen LogP contribution in [0, 0.1) is 0 Å². The van der Waals surface area contributed by atoms with E-state index in [1.165, 1.54) is 0 Å². The molecule has 1 aliphatic rings. The predicted molar refractivity (Wildman–Crippen MR) is 64.8 cm³/mol. The number of carboxylic acids is 1. The van der Waals surface area contributed by atoms with Gasteiger partial charge in [-0.15, -0.1) is 0 Å². The maximum absolute atomic E-state index is 11.6. The second-order valence-corrected chi connectivity index (χ2v) is 4.29. The predicted octanol–water partition coefficient (Wildman–Crippen LogP) is 1.65. The molecule has 5 heteroatoms. The minimum Gasteiger partial charge on any atom is -0.480 e. The van der Waals surface area contributed by atoms with E-state index in [2.05, 4.69) is 10.6 Å². The van der Waals surface area contributed by atoms with Crippen LogP contribution in [0.2, 0.25) is 0 Å². The van der Waals surface area contributed by atoms with Crippen molar-refractivity contribution in [2.24, 2.45) is 0 Å². The van der Waals surface area contributed by atoms with Crippen LogP contribution in [0.5, 0.6) is 0 Å². The van der Waals surface area contributed by atoms with Gasteiger partial charge in [-0.2, -0.15) is 0 Å². The highest BCUT2D eigenvalue weighted by atomic mass is 16.4. The summed E-state index contributed by atoms with van der Waals surface area (Å²) in [7, 11) is 0. The van der Waals surface area contributed by atoms with Crippen LogP contribution in [0.1, 0.15) is 39.0 Å². The monoisotopic (exact) mass is 240 g/mol. The normalized spacial score (nSPS) is 16.8. The van der Waals surface area contributed by atoms with Crippen LogP contribution in [0.15, 0.2) is 12.2 Å². The smallest absolute Gasteiger partial charge is 0.326 e. The third-order valence-corrected chi connectivity index (χ3v) is 2.79. The number of carboxylic acid groups (broad SMARTS) is 1. The van der Waals surface area contributed by atoms with Crippen molar-refractivity contribution in [2.75, 3.05) is 0 Å². The Kier molecular flexibility index (Phi) is 5.52. The number of rotatable bonds is 6. The lowest BCUT2D eigenvalue weighted by Gasteiger charge is -2.17. The fraction of sp³-hybridized carbons (Fsp3) is 0.667. The number of carbonyl (C=O) groups excluding carboxylic acids is 1. The van der Waals surface area contributed by atoms with Crippen LogP contribution < -0.4 is 10.6 Å². The molecule has 5 nitrogen and oxygen atoms in total. The number of urea groups is 1. The van der Waals surface area contributed by atoms with E-state index < -0.39 is 12.0 Å². The third kappa shape index (κ3) is 4.89. The number of nitrogens with one attached hydrogen (secondary N) is 2. The van der Waals surface area contributed by atoms with Gasteiger partial charge in [-0.05, 0) is 19.3 Å². The summed E-state index contributed by atoms with van der Waals surface area (Å²) in [5.41, 5.74) is 0. The number of amides is 2. The average Bonchev–Trinajstić information content (AvgIpc) is 2.76. The quantitative estimate of drug-likeness (QED) is 0.618. The van der Waals surface area contributed by atoms with Crippen molar-refractivity contribution in [2.45, 2.75) is 51.1 Å². The third-order valence-electron chi connectivity index (χ3n) is 2.79. The van der Waals surface area contributed by atoms with Gasteiger partial charge in [-0.1, -0.05) is 31.9 Å². The zero-order valence-corrected chi connectivity index (χ0v) is 10.1. The van der Waals surface area contributed by atoms with Crippen molar-refractivity contribution in [3.63, 3.8) is 0 Å². The summed E-state index contributed by atoms with van der Waals surface area (Å²) in [6.45, 7) is 1.99. The number of aliphatic carboxylic acids is 1. The molecule has 1 aliphatic carbocycles. The van der Waals surface area contributed by atoms with Crippen molar-refractivity contribution in [1.82, 2.24) is 10.6 Å². The molecule has 0 aliphatic heterocycles. The Hall–Kier alpha value is -1.52. The summed E-state index contributed by atoms with van der Waals surface area (Å²) >= 11 is 0. The van der Waals surface area contributed by atoms with Gasteiger partial charge >= 0.3 is 12.0 Å². The Bertz CT molecular complexity index is 294. The molecule has 1 unspecified atom stereocenters. The Morgan fingerprint density at radius 2 is 2.06 bits per heavy atom. The van der Waals surface area contributed by atoms with E-state index in [1.54, 1.807) is 0 Å². The van der Waals surface area contributed by atoms with Crippen LogP contribution in [0.3, 0.4) is 0 Å². The number of carbonyl (C=O) groups is 2. The SMILES string of the molecule is CCCCC(NC(=O)NC1CC=CC1)C(=O)O. The maximum atomic E-state index is 11.6.